The largest absolute Gasteiger partial charge is 0.348 e. The second kappa shape index (κ2) is 6.12. The second-order valence-electron chi connectivity index (χ2n) is 5.72. The molecule has 0 aromatic carbocycles. The van der Waals surface area contributed by atoms with Gasteiger partial charge in [0.15, 0.2) is 0 Å². The zero-order valence-corrected chi connectivity index (χ0v) is 14.1. The highest BCUT2D eigenvalue weighted by molar-refractivity contribution is 7.11. The van der Waals surface area contributed by atoms with Crippen molar-refractivity contribution in [1.29, 1.82) is 0 Å². The lowest BCUT2D eigenvalue weighted by atomic mass is 10.1. The van der Waals surface area contributed by atoms with Crippen LogP contribution in [0.1, 0.15) is 34.2 Å². The Labute approximate surface area is 135 Å². The summed E-state index contributed by atoms with van der Waals surface area (Å²) in [5, 5.41) is 4.13. The molecule has 1 N–H and O–H groups in total. The van der Waals surface area contributed by atoms with E-state index in [2.05, 4.69) is 34.1 Å². The predicted octanol–water partition coefficient (Wildman–Crippen LogP) is 2.89. The Morgan fingerprint density at radius 2 is 2.27 bits per heavy atom. The number of aryl methyl sites for hydroxylation is 2. The van der Waals surface area contributed by atoms with Crippen LogP contribution in [0, 0.1) is 13.8 Å². The average molecular weight is 318 g/mol. The van der Waals surface area contributed by atoms with Crippen molar-refractivity contribution < 1.29 is 4.79 Å². The van der Waals surface area contributed by atoms with Gasteiger partial charge in [-0.25, -0.2) is 9.78 Å². The van der Waals surface area contributed by atoms with Crippen molar-refractivity contribution in [2.45, 2.75) is 39.8 Å². The van der Waals surface area contributed by atoms with Crippen LogP contribution in [0.2, 0.25) is 0 Å². The summed E-state index contributed by atoms with van der Waals surface area (Å²) in [6.45, 7) is 8.42. The number of amides is 2. The fourth-order valence-electron chi connectivity index (χ4n) is 3.05. The molecule has 0 spiro atoms. The van der Waals surface area contributed by atoms with E-state index in [0.717, 1.165) is 30.2 Å². The molecule has 6 heteroatoms. The highest BCUT2D eigenvalue weighted by Crippen LogP contribution is 2.25. The topological polar surface area (TPSA) is 50.2 Å². The van der Waals surface area contributed by atoms with E-state index in [1.54, 1.807) is 11.3 Å². The van der Waals surface area contributed by atoms with E-state index < -0.39 is 0 Å². The molecule has 1 unspecified atom stereocenters. The predicted molar refractivity (Wildman–Crippen MR) is 88.2 cm³/mol. The number of fused-ring (bicyclic) bond motifs is 1. The summed E-state index contributed by atoms with van der Waals surface area (Å²) >= 11 is 1.71. The number of carbonyl (C=O) groups is 1. The molecule has 1 atom stereocenters. The van der Waals surface area contributed by atoms with E-state index in [-0.39, 0.29) is 12.1 Å². The highest BCUT2D eigenvalue weighted by atomic mass is 32.1. The fraction of sp³-hybridized carbons (Fsp3) is 0.500. The Balaban J connectivity index is 1.55. The normalized spacial score (nSPS) is 17.4. The second-order valence-corrected chi connectivity index (χ2v) is 7.01. The maximum absolute atomic E-state index is 12.4. The standard InChI is InChI=1S/C16H22N4OS/c1-11-15(22-13(3)18-11)6-7-17-16(21)20-10-9-19-8-4-5-14(19)12(20)2/h4-5,8,12H,6-7,9-10H2,1-3H3,(H,17,21). The van der Waals surface area contributed by atoms with Gasteiger partial charge in [-0.15, -0.1) is 11.3 Å². The monoisotopic (exact) mass is 318 g/mol. The van der Waals surface area contributed by atoms with E-state index in [1.807, 2.05) is 24.8 Å². The number of carbonyl (C=O) groups excluding carboxylic acids is 1. The lowest BCUT2D eigenvalue weighted by Gasteiger charge is -2.34. The number of hydrogen-bond acceptors (Lipinski definition) is 3. The number of nitrogens with zero attached hydrogens (tertiary/aromatic N) is 3. The fourth-order valence-corrected chi connectivity index (χ4v) is 3.98. The first-order valence-electron chi connectivity index (χ1n) is 7.68. The van der Waals surface area contributed by atoms with Crippen LogP contribution in [0.25, 0.3) is 0 Å². The summed E-state index contributed by atoms with van der Waals surface area (Å²) in [7, 11) is 0. The molecule has 3 rings (SSSR count). The van der Waals surface area contributed by atoms with Gasteiger partial charge in [-0.2, -0.15) is 0 Å². The van der Waals surface area contributed by atoms with Gasteiger partial charge in [-0.05, 0) is 32.9 Å². The molecule has 0 bridgehead atoms. The van der Waals surface area contributed by atoms with E-state index in [9.17, 15) is 4.79 Å². The third kappa shape index (κ3) is 2.88. The molecule has 0 aliphatic carbocycles. The number of aromatic nitrogens is 2. The molecule has 0 saturated carbocycles. The Hall–Kier alpha value is -1.82. The molecule has 0 saturated heterocycles. The van der Waals surface area contributed by atoms with Crippen molar-refractivity contribution in [1.82, 2.24) is 19.8 Å². The van der Waals surface area contributed by atoms with Crippen LogP contribution >= 0.6 is 11.3 Å². The van der Waals surface area contributed by atoms with Gasteiger partial charge in [0.25, 0.3) is 0 Å². The van der Waals surface area contributed by atoms with Crippen LogP contribution < -0.4 is 5.32 Å². The van der Waals surface area contributed by atoms with Crippen LogP contribution in [0.5, 0.6) is 0 Å². The Kier molecular flexibility index (Phi) is 4.20. The SMILES string of the molecule is Cc1nc(C)c(CCNC(=O)N2CCn3cccc3C2C)s1. The van der Waals surface area contributed by atoms with Gasteiger partial charge in [0.1, 0.15) is 0 Å². The molecular weight excluding hydrogens is 296 g/mol. The van der Waals surface area contributed by atoms with Gasteiger partial charge < -0.3 is 14.8 Å². The van der Waals surface area contributed by atoms with Crippen molar-refractivity contribution in [3.8, 4) is 0 Å². The van der Waals surface area contributed by atoms with Crippen LogP contribution in [-0.4, -0.2) is 33.6 Å². The Morgan fingerprint density at radius 3 is 3.00 bits per heavy atom. The minimum Gasteiger partial charge on any atom is -0.348 e. The van der Waals surface area contributed by atoms with E-state index in [1.165, 1.54) is 10.6 Å². The Bertz CT molecular complexity index is 675. The van der Waals surface area contributed by atoms with Crippen LogP contribution in [0.4, 0.5) is 4.79 Å². The number of rotatable bonds is 3. The Morgan fingerprint density at radius 1 is 1.45 bits per heavy atom. The maximum atomic E-state index is 12.4. The molecule has 0 radical (unpaired) electrons. The summed E-state index contributed by atoms with van der Waals surface area (Å²) in [6.07, 6.45) is 2.93. The first kappa shape index (κ1) is 15.1. The number of urea groups is 1. The molecule has 2 aromatic rings. The summed E-state index contributed by atoms with van der Waals surface area (Å²) in [4.78, 5) is 20.0. The van der Waals surface area contributed by atoms with Crippen molar-refractivity contribution in [3.05, 3.63) is 39.6 Å². The molecule has 118 valence electrons. The third-order valence-electron chi connectivity index (χ3n) is 4.23. The minimum atomic E-state index is 0.0267. The molecule has 2 amide bonds. The van der Waals surface area contributed by atoms with Crippen molar-refractivity contribution in [2.75, 3.05) is 13.1 Å². The molecule has 2 aromatic heterocycles. The number of nitrogens with one attached hydrogen (secondary N) is 1. The van der Waals surface area contributed by atoms with Gasteiger partial charge in [0.2, 0.25) is 0 Å². The molecule has 5 nitrogen and oxygen atoms in total. The zero-order valence-electron chi connectivity index (χ0n) is 13.3. The molecular formula is C16H22N4OS. The molecule has 0 fully saturated rings. The van der Waals surface area contributed by atoms with Gasteiger partial charge in [0, 0.05) is 42.8 Å². The molecule has 22 heavy (non-hydrogen) atoms. The quantitative estimate of drug-likeness (QED) is 0.946. The molecule has 3 heterocycles. The summed E-state index contributed by atoms with van der Waals surface area (Å²) in [5.74, 6) is 0. The summed E-state index contributed by atoms with van der Waals surface area (Å²) < 4.78 is 2.22. The number of hydrogen-bond donors (Lipinski definition) is 1. The maximum Gasteiger partial charge on any atom is 0.318 e. The lowest BCUT2D eigenvalue weighted by molar-refractivity contribution is 0.162. The van der Waals surface area contributed by atoms with Crippen molar-refractivity contribution in [2.24, 2.45) is 0 Å². The third-order valence-corrected chi connectivity index (χ3v) is 5.36. The summed E-state index contributed by atoms with van der Waals surface area (Å²) in [6, 6.07) is 4.28. The smallest absolute Gasteiger partial charge is 0.318 e. The molecule has 1 aliphatic heterocycles. The van der Waals surface area contributed by atoms with Gasteiger partial charge in [-0.3, -0.25) is 0 Å². The lowest BCUT2D eigenvalue weighted by Crippen LogP contribution is -2.46. The van der Waals surface area contributed by atoms with E-state index in [0.29, 0.717) is 6.54 Å². The zero-order chi connectivity index (χ0) is 15.7. The van der Waals surface area contributed by atoms with Crippen molar-refractivity contribution in [3.63, 3.8) is 0 Å². The molecule has 1 aliphatic rings. The van der Waals surface area contributed by atoms with E-state index >= 15 is 0 Å². The average Bonchev–Trinajstić information content (AvgIpc) is 3.06. The first-order valence-corrected chi connectivity index (χ1v) is 8.50. The first-order chi connectivity index (χ1) is 10.6. The highest BCUT2D eigenvalue weighted by Gasteiger charge is 2.27. The van der Waals surface area contributed by atoms with Crippen LogP contribution in [0.15, 0.2) is 18.3 Å². The summed E-state index contributed by atoms with van der Waals surface area (Å²) in [5.41, 5.74) is 2.29. The van der Waals surface area contributed by atoms with Crippen LogP contribution in [-0.2, 0) is 13.0 Å². The van der Waals surface area contributed by atoms with Crippen LogP contribution in [0.3, 0.4) is 0 Å². The number of thiazole rings is 1. The van der Waals surface area contributed by atoms with E-state index in [4.69, 9.17) is 0 Å². The van der Waals surface area contributed by atoms with Gasteiger partial charge in [-0.1, -0.05) is 0 Å². The minimum absolute atomic E-state index is 0.0267. The van der Waals surface area contributed by atoms with Crippen molar-refractivity contribution >= 4 is 17.4 Å². The van der Waals surface area contributed by atoms with Gasteiger partial charge in [0.05, 0.1) is 16.7 Å². The van der Waals surface area contributed by atoms with Gasteiger partial charge >= 0.3 is 6.03 Å².